The Labute approximate surface area is 218 Å². The Balaban J connectivity index is 2.47. The van der Waals surface area contributed by atoms with Gasteiger partial charge in [-0.1, -0.05) is 54.4 Å². The van der Waals surface area contributed by atoms with Gasteiger partial charge in [-0.15, -0.1) is 0 Å². The van der Waals surface area contributed by atoms with Crippen LogP contribution in [0.25, 0.3) is 0 Å². The molecule has 0 bridgehead atoms. The Morgan fingerprint density at radius 1 is 1.06 bits per heavy atom. The number of hydrogen-bond donors (Lipinski definition) is 1. The summed E-state index contributed by atoms with van der Waals surface area (Å²) >= 11 is 12.2. The molecule has 0 fully saturated rings. The summed E-state index contributed by atoms with van der Waals surface area (Å²) in [5, 5.41) is 3.57. The highest BCUT2D eigenvalue weighted by molar-refractivity contribution is 7.92. The standard InChI is InChI=1S/C25H33Cl2N3O4S/c1-7-19-10-8-9-11-22(19)30(35(6,33)34)16-23(31)29(17(2)24(32)28-25(3,4)5)15-18-12-13-20(26)21(27)14-18/h8-14,17H,7,15-16H2,1-6H3,(H,28,32). The van der Waals surface area contributed by atoms with Crippen molar-refractivity contribution < 1.29 is 18.0 Å². The zero-order valence-electron chi connectivity index (χ0n) is 20.9. The number of hydrogen-bond acceptors (Lipinski definition) is 4. The third-order valence-corrected chi connectivity index (χ3v) is 7.19. The molecule has 0 heterocycles. The Kier molecular flexibility index (Phi) is 9.62. The number of amides is 2. The van der Waals surface area contributed by atoms with Gasteiger partial charge in [0.05, 0.1) is 22.0 Å². The third-order valence-electron chi connectivity index (χ3n) is 5.32. The number of carbonyl (C=O) groups excluding carboxylic acids is 2. The van der Waals surface area contributed by atoms with Gasteiger partial charge in [0, 0.05) is 12.1 Å². The SMILES string of the molecule is CCc1ccccc1N(CC(=O)N(Cc1ccc(Cl)c(Cl)c1)C(C)C(=O)NC(C)(C)C)S(C)(=O)=O. The van der Waals surface area contributed by atoms with Crippen LogP contribution in [0.1, 0.15) is 45.7 Å². The number of nitrogens with zero attached hydrogens (tertiary/aromatic N) is 2. The van der Waals surface area contributed by atoms with Crippen molar-refractivity contribution in [3.8, 4) is 0 Å². The fourth-order valence-corrected chi connectivity index (χ4v) is 4.74. The lowest BCUT2D eigenvalue weighted by molar-refractivity contribution is -0.140. The summed E-state index contributed by atoms with van der Waals surface area (Å²) in [6.45, 7) is 8.64. The van der Waals surface area contributed by atoms with Crippen LogP contribution in [0.2, 0.25) is 10.0 Å². The molecule has 1 N–H and O–H groups in total. The second kappa shape index (κ2) is 11.6. The van der Waals surface area contributed by atoms with E-state index in [0.29, 0.717) is 27.7 Å². The van der Waals surface area contributed by atoms with E-state index in [4.69, 9.17) is 23.2 Å². The van der Waals surface area contributed by atoms with Crippen LogP contribution in [0, 0.1) is 0 Å². The minimum absolute atomic E-state index is 0.0431. The molecule has 7 nitrogen and oxygen atoms in total. The maximum absolute atomic E-state index is 13.6. The Bertz CT molecular complexity index is 1180. The number of nitrogens with one attached hydrogen (secondary N) is 1. The number of para-hydroxylation sites is 1. The third kappa shape index (κ3) is 8.12. The number of sulfonamides is 1. The van der Waals surface area contributed by atoms with Gasteiger partial charge in [-0.2, -0.15) is 0 Å². The van der Waals surface area contributed by atoms with Crippen molar-refractivity contribution in [3.05, 3.63) is 63.6 Å². The highest BCUT2D eigenvalue weighted by atomic mass is 35.5. The van der Waals surface area contributed by atoms with E-state index in [1.165, 1.54) is 4.90 Å². The summed E-state index contributed by atoms with van der Waals surface area (Å²) < 4.78 is 26.6. The molecular weight excluding hydrogens is 509 g/mol. The smallest absolute Gasteiger partial charge is 0.244 e. The first kappa shape index (κ1) is 28.9. The molecule has 0 aliphatic heterocycles. The first-order chi connectivity index (χ1) is 16.1. The van der Waals surface area contributed by atoms with Gasteiger partial charge in [0.15, 0.2) is 0 Å². The molecule has 0 radical (unpaired) electrons. The van der Waals surface area contributed by atoms with Crippen LogP contribution in [0.5, 0.6) is 0 Å². The van der Waals surface area contributed by atoms with E-state index in [1.807, 2.05) is 39.8 Å². The molecule has 192 valence electrons. The van der Waals surface area contributed by atoms with Gasteiger partial charge in [-0.3, -0.25) is 13.9 Å². The lowest BCUT2D eigenvalue weighted by Gasteiger charge is -2.33. The van der Waals surface area contributed by atoms with Crippen LogP contribution in [0.3, 0.4) is 0 Å². The second-order valence-electron chi connectivity index (χ2n) is 9.44. The zero-order valence-corrected chi connectivity index (χ0v) is 23.3. The molecule has 10 heteroatoms. The monoisotopic (exact) mass is 541 g/mol. The Morgan fingerprint density at radius 3 is 2.23 bits per heavy atom. The summed E-state index contributed by atoms with van der Waals surface area (Å²) in [5.41, 5.74) is 1.37. The number of anilines is 1. The summed E-state index contributed by atoms with van der Waals surface area (Å²) in [7, 11) is -3.79. The molecule has 2 rings (SSSR count). The van der Waals surface area contributed by atoms with Crippen molar-refractivity contribution in [1.82, 2.24) is 10.2 Å². The summed E-state index contributed by atoms with van der Waals surface area (Å²) in [5.74, 6) is -0.880. The molecule has 2 aromatic carbocycles. The molecular formula is C25H33Cl2N3O4S. The molecule has 0 saturated heterocycles. The molecule has 2 amide bonds. The zero-order chi connectivity index (χ0) is 26.6. The lowest BCUT2D eigenvalue weighted by atomic mass is 10.1. The minimum Gasteiger partial charge on any atom is -0.350 e. The van der Waals surface area contributed by atoms with E-state index in [9.17, 15) is 18.0 Å². The summed E-state index contributed by atoms with van der Waals surface area (Å²) in [4.78, 5) is 28.0. The van der Waals surface area contributed by atoms with Crippen molar-refractivity contribution in [2.24, 2.45) is 0 Å². The van der Waals surface area contributed by atoms with Gasteiger partial charge in [0.2, 0.25) is 21.8 Å². The van der Waals surface area contributed by atoms with E-state index >= 15 is 0 Å². The predicted octanol–water partition coefficient (Wildman–Crippen LogP) is 4.65. The van der Waals surface area contributed by atoms with Crippen LogP contribution < -0.4 is 9.62 Å². The van der Waals surface area contributed by atoms with Gasteiger partial charge in [-0.25, -0.2) is 8.42 Å². The second-order valence-corrected chi connectivity index (χ2v) is 12.2. The van der Waals surface area contributed by atoms with Crippen LogP contribution in [0.4, 0.5) is 5.69 Å². The van der Waals surface area contributed by atoms with Crippen molar-refractivity contribution in [2.45, 2.75) is 59.2 Å². The largest absolute Gasteiger partial charge is 0.350 e. The number of rotatable bonds is 9. The van der Waals surface area contributed by atoms with Crippen molar-refractivity contribution >= 4 is 50.7 Å². The maximum Gasteiger partial charge on any atom is 0.244 e. The molecule has 0 spiro atoms. The predicted molar refractivity (Wildman–Crippen MR) is 142 cm³/mol. The first-order valence-corrected chi connectivity index (χ1v) is 13.9. The van der Waals surface area contributed by atoms with Gasteiger partial charge in [0.25, 0.3) is 0 Å². The van der Waals surface area contributed by atoms with E-state index in [-0.39, 0.29) is 12.5 Å². The van der Waals surface area contributed by atoms with E-state index in [2.05, 4.69) is 5.32 Å². The molecule has 0 aliphatic rings. The normalized spacial score (nSPS) is 12.7. The minimum atomic E-state index is -3.79. The average Bonchev–Trinajstić information content (AvgIpc) is 2.75. The number of benzene rings is 2. The Hall–Kier alpha value is -2.29. The van der Waals surface area contributed by atoms with Crippen LogP contribution in [-0.4, -0.2) is 49.5 Å². The number of carbonyl (C=O) groups is 2. The van der Waals surface area contributed by atoms with Crippen LogP contribution >= 0.6 is 23.2 Å². The van der Waals surface area contributed by atoms with Gasteiger partial charge in [0.1, 0.15) is 12.6 Å². The van der Waals surface area contributed by atoms with E-state index < -0.39 is 34.1 Å². The lowest BCUT2D eigenvalue weighted by Crippen LogP contribution is -2.54. The molecule has 2 aromatic rings. The van der Waals surface area contributed by atoms with Crippen molar-refractivity contribution in [3.63, 3.8) is 0 Å². The molecule has 1 unspecified atom stereocenters. The quantitative estimate of drug-likeness (QED) is 0.500. The van der Waals surface area contributed by atoms with Crippen LogP contribution in [0.15, 0.2) is 42.5 Å². The molecule has 1 atom stereocenters. The maximum atomic E-state index is 13.6. The highest BCUT2D eigenvalue weighted by Crippen LogP contribution is 2.26. The van der Waals surface area contributed by atoms with Crippen molar-refractivity contribution in [1.29, 1.82) is 0 Å². The first-order valence-electron chi connectivity index (χ1n) is 11.2. The number of aryl methyl sites for hydroxylation is 1. The van der Waals surface area contributed by atoms with Crippen LogP contribution in [-0.2, 0) is 32.6 Å². The summed E-state index contributed by atoms with van der Waals surface area (Å²) in [6.07, 6.45) is 1.65. The van der Waals surface area contributed by atoms with Gasteiger partial charge < -0.3 is 10.2 Å². The van der Waals surface area contributed by atoms with E-state index in [1.54, 1.807) is 37.3 Å². The molecule has 0 aromatic heterocycles. The summed E-state index contributed by atoms with van der Waals surface area (Å²) in [6, 6.07) is 11.1. The van der Waals surface area contributed by atoms with Gasteiger partial charge >= 0.3 is 0 Å². The molecule has 0 saturated carbocycles. The topological polar surface area (TPSA) is 86.8 Å². The van der Waals surface area contributed by atoms with E-state index in [0.717, 1.165) is 16.1 Å². The van der Waals surface area contributed by atoms with Gasteiger partial charge in [-0.05, 0) is 63.4 Å². The average molecular weight is 543 g/mol. The van der Waals surface area contributed by atoms with Crippen molar-refractivity contribution in [2.75, 3.05) is 17.1 Å². The molecule has 35 heavy (non-hydrogen) atoms. The Morgan fingerprint density at radius 2 is 1.69 bits per heavy atom. The fourth-order valence-electron chi connectivity index (χ4n) is 3.54. The fraction of sp³-hybridized carbons (Fsp3) is 0.440. The highest BCUT2D eigenvalue weighted by Gasteiger charge is 2.32. The molecule has 0 aliphatic carbocycles. The number of halogens is 2.